The molecule has 1 saturated heterocycles. The maximum absolute atomic E-state index is 9.93. The summed E-state index contributed by atoms with van der Waals surface area (Å²) in [4.78, 5) is 12.0. The van der Waals surface area contributed by atoms with Gasteiger partial charge in [0.15, 0.2) is 17.7 Å². The maximum Gasteiger partial charge on any atom is 0.167 e. The number of imidazole rings is 1. The van der Waals surface area contributed by atoms with E-state index in [1.54, 1.807) is 4.57 Å². The Bertz CT molecular complexity index is 572. The maximum atomic E-state index is 9.93. The highest BCUT2D eigenvalue weighted by atomic mass is 16.5. The predicted molar refractivity (Wildman–Crippen MR) is 61.4 cm³/mol. The van der Waals surface area contributed by atoms with Gasteiger partial charge in [-0.3, -0.25) is 4.57 Å². The van der Waals surface area contributed by atoms with Gasteiger partial charge in [-0.25, -0.2) is 15.0 Å². The molecule has 0 aliphatic carbocycles. The lowest BCUT2D eigenvalue weighted by Gasteiger charge is -2.16. The van der Waals surface area contributed by atoms with Gasteiger partial charge < -0.3 is 20.7 Å². The third-order valence-corrected chi connectivity index (χ3v) is 3.03. The number of aliphatic hydroxyl groups is 2. The molecule has 0 spiro atoms. The third-order valence-electron chi connectivity index (χ3n) is 3.03. The highest BCUT2D eigenvalue weighted by Crippen LogP contribution is 2.31. The molecule has 1 aliphatic rings. The van der Waals surface area contributed by atoms with E-state index in [-0.39, 0.29) is 18.5 Å². The molecule has 0 aromatic carbocycles. The SMILES string of the molecule is Nc1ncnc2c1ncn2[C@@H]1OC(CO)C[C@@H]1O. The minimum Gasteiger partial charge on any atom is -0.394 e. The number of aliphatic hydroxyl groups excluding tert-OH is 2. The number of rotatable bonds is 2. The zero-order valence-corrected chi connectivity index (χ0v) is 9.47. The van der Waals surface area contributed by atoms with Gasteiger partial charge in [-0.1, -0.05) is 0 Å². The molecule has 1 aliphatic heterocycles. The first-order chi connectivity index (χ1) is 8.70. The number of anilines is 1. The van der Waals surface area contributed by atoms with Crippen LogP contribution >= 0.6 is 0 Å². The molecule has 18 heavy (non-hydrogen) atoms. The summed E-state index contributed by atoms with van der Waals surface area (Å²) in [7, 11) is 0. The molecule has 8 heteroatoms. The molecule has 8 nitrogen and oxygen atoms in total. The van der Waals surface area contributed by atoms with Crippen LogP contribution in [0.5, 0.6) is 0 Å². The number of fused-ring (bicyclic) bond motifs is 1. The number of nitrogens with zero attached hydrogens (tertiary/aromatic N) is 4. The van der Waals surface area contributed by atoms with E-state index in [1.165, 1.54) is 12.7 Å². The van der Waals surface area contributed by atoms with Crippen molar-refractivity contribution in [2.45, 2.75) is 24.9 Å². The Labute approximate surface area is 102 Å². The topological polar surface area (TPSA) is 119 Å². The van der Waals surface area contributed by atoms with E-state index >= 15 is 0 Å². The van der Waals surface area contributed by atoms with Crippen molar-refractivity contribution in [1.29, 1.82) is 0 Å². The van der Waals surface area contributed by atoms with Crippen molar-refractivity contribution >= 4 is 17.0 Å². The van der Waals surface area contributed by atoms with E-state index in [1.807, 2.05) is 0 Å². The predicted octanol–water partition coefficient (Wildman–Crippen LogP) is -0.951. The van der Waals surface area contributed by atoms with Crippen molar-refractivity contribution in [2.75, 3.05) is 12.3 Å². The van der Waals surface area contributed by atoms with Crippen molar-refractivity contribution in [3.05, 3.63) is 12.7 Å². The smallest absolute Gasteiger partial charge is 0.167 e. The molecular formula is C10H13N5O3. The Balaban J connectivity index is 2.02. The van der Waals surface area contributed by atoms with Crippen molar-refractivity contribution in [3.8, 4) is 0 Å². The molecule has 4 N–H and O–H groups in total. The summed E-state index contributed by atoms with van der Waals surface area (Å²) in [6.45, 7) is -0.128. The molecule has 0 radical (unpaired) electrons. The zero-order valence-electron chi connectivity index (χ0n) is 9.47. The first kappa shape index (κ1) is 11.3. The molecule has 96 valence electrons. The van der Waals surface area contributed by atoms with Crippen molar-refractivity contribution in [2.24, 2.45) is 0 Å². The number of nitrogen functional groups attached to an aromatic ring is 1. The van der Waals surface area contributed by atoms with Crippen LogP contribution in [0.15, 0.2) is 12.7 Å². The van der Waals surface area contributed by atoms with E-state index < -0.39 is 12.3 Å². The fourth-order valence-corrected chi connectivity index (χ4v) is 2.15. The zero-order chi connectivity index (χ0) is 12.7. The lowest BCUT2D eigenvalue weighted by molar-refractivity contribution is -0.0486. The summed E-state index contributed by atoms with van der Waals surface area (Å²) >= 11 is 0. The van der Waals surface area contributed by atoms with E-state index in [2.05, 4.69) is 15.0 Å². The van der Waals surface area contributed by atoms with Crippen LogP contribution in [0.1, 0.15) is 12.6 Å². The summed E-state index contributed by atoms with van der Waals surface area (Å²) in [6, 6.07) is 0. The van der Waals surface area contributed by atoms with E-state index in [4.69, 9.17) is 15.6 Å². The molecule has 1 fully saturated rings. The van der Waals surface area contributed by atoms with Gasteiger partial charge in [0.2, 0.25) is 0 Å². The normalized spacial score (nSPS) is 28.0. The van der Waals surface area contributed by atoms with Gasteiger partial charge in [-0.05, 0) is 0 Å². The minimum atomic E-state index is -0.712. The van der Waals surface area contributed by atoms with Crippen LogP contribution in [0.25, 0.3) is 11.2 Å². The summed E-state index contributed by atoms with van der Waals surface area (Å²) in [6.07, 6.45) is 1.52. The van der Waals surface area contributed by atoms with E-state index in [0.29, 0.717) is 17.6 Å². The second-order valence-electron chi connectivity index (χ2n) is 4.22. The molecule has 2 aromatic heterocycles. The van der Waals surface area contributed by atoms with Crippen LogP contribution in [0.4, 0.5) is 5.82 Å². The van der Waals surface area contributed by atoms with Crippen molar-refractivity contribution in [3.63, 3.8) is 0 Å². The van der Waals surface area contributed by atoms with Crippen LogP contribution in [0.3, 0.4) is 0 Å². The van der Waals surface area contributed by atoms with Gasteiger partial charge in [0.05, 0.1) is 19.0 Å². The number of aromatic nitrogens is 4. The fraction of sp³-hybridized carbons (Fsp3) is 0.500. The van der Waals surface area contributed by atoms with Crippen LogP contribution in [0.2, 0.25) is 0 Å². The summed E-state index contributed by atoms with van der Waals surface area (Å²) in [5.41, 5.74) is 6.66. The first-order valence-electron chi connectivity index (χ1n) is 5.58. The number of nitrogens with two attached hydrogens (primary N) is 1. The first-order valence-corrected chi connectivity index (χ1v) is 5.58. The molecule has 0 bridgehead atoms. The molecule has 1 unspecified atom stereocenters. The monoisotopic (exact) mass is 251 g/mol. The Morgan fingerprint density at radius 1 is 1.44 bits per heavy atom. The van der Waals surface area contributed by atoms with Crippen LogP contribution in [-0.4, -0.2) is 48.5 Å². The van der Waals surface area contributed by atoms with Gasteiger partial charge in [0, 0.05) is 6.42 Å². The van der Waals surface area contributed by atoms with Gasteiger partial charge in [0.1, 0.15) is 17.9 Å². The minimum absolute atomic E-state index is 0.128. The molecule has 3 heterocycles. The van der Waals surface area contributed by atoms with E-state index in [0.717, 1.165) is 0 Å². The van der Waals surface area contributed by atoms with Crippen molar-refractivity contribution in [1.82, 2.24) is 19.5 Å². The average molecular weight is 251 g/mol. The molecule has 0 amide bonds. The molecule has 3 atom stereocenters. The van der Waals surface area contributed by atoms with Gasteiger partial charge in [-0.2, -0.15) is 0 Å². The molecular weight excluding hydrogens is 238 g/mol. The highest BCUT2D eigenvalue weighted by Gasteiger charge is 2.35. The second-order valence-corrected chi connectivity index (χ2v) is 4.22. The number of hydrogen-bond acceptors (Lipinski definition) is 7. The lowest BCUT2D eigenvalue weighted by atomic mass is 10.2. The highest BCUT2D eigenvalue weighted by molar-refractivity contribution is 5.81. The average Bonchev–Trinajstić information content (AvgIpc) is 2.93. The number of ether oxygens (including phenoxy) is 1. The standard InChI is InChI=1S/C10H13N5O3/c11-8-7-9(13-3-12-8)15(4-14-7)10-6(17)1-5(2-16)18-10/h3-6,10,16-17H,1-2H2,(H2,11,12,13)/t5?,6-,10+/m0/s1. The van der Waals surface area contributed by atoms with Crippen molar-refractivity contribution < 1.29 is 14.9 Å². The Morgan fingerprint density at radius 3 is 3.00 bits per heavy atom. The largest absolute Gasteiger partial charge is 0.394 e. The number of hydrogen-bond donors (Lipinski definition) is 3. The van der Waals surface area contributed by atoms with Crippen LogP contribution in [0, 0.1) is 0 Å². The van der Waals surface area contributed by atoms with Gasteiger partial charge in [0.25, 0.3) is 0 Å². The fourth-order valence-electron chi connectivity index (χ4n) is 2.15. The molecule has 0 saturated carbocycles. The van der Waals surface area contributed by atoms with Crippen LogP contribution < -0.4 is 5.73 Å². The molecule has 3 rings (SSSR count). The Kier molecular flexibility index (Phi) is 2.62. The Morgan fingerprint density at radius 2 is 2.28 bits per heavy atom. The quantitative estimate of drug-likeness (QED) is 0.629. The van der Waals surface area contributed by atoms with Gasteiger partial charge in [-0.15, -0.1) is 0 Å². The summed E-state index contributed by atoms with van der Waals surface area (Å²) in [5, 5.41) is 19.0. The van der Waals surface area contributed by atoms with E-state index in [9.17, 15) is 5.11 Å². The van der Waals surface area contributed by atoms with Gasteiger partial charge >= 0.3 is 0 Å². The second kappa shape index (κ2) is 4.16. The Hall–Kier alpha value is -1.77. The lowest BCUT2D eigenvalue weighted by Crippen LogP contribution is -2.19. The van der Waals surface area contributed by atoms with Crippen LogP contribution in [-0.2, 0) is 4.74 Å². The molecule has 2 aromatic rings. The third kappa shape index (κ3) is 1.62. The summed E-state index contributed by atoms with van der Waals surface area (Å²) < 4.78 is 7.14. The summed E-state index contributed by atoms with van der Waals surface area (Å²) in [5.74, 6) is 0.282.